The topological polar surface area (TPSA) is 177 Å². The van der Waals surface area contributed by atoms with Gasteiger partial charge in [0.1, 0.15) is 0 Å². The molecule has 0 amide bonds. The van der Waals surface area contributed by atoms with Crippen LogP contribution in [0.25, 0.3) is 11.4 Å². The van der Waals surface area contributed by atoms with Crippen molar-refractivity contribution in [1.82, 2.24) is 24.8 Å². The molecule has 2 aromatic heterocycles. The molecule has 12 heteroatoms. The number of carboxylic acid groups (broad SMARTS) is 3. The number of nitrogens with zero attached hydrogens (tertiary/aromatic N) is 5. The number of piperazine rings is 1. The predicted octanol–water partition coefficient (Wildman–Crippen LogP) is 0.428. The standard InChI is InChI=1S/C16H21N5.C6H8O7/c1-2-20-8-10-21(11-9-20)13-15-5-7-18-16(19-15)14-4-3-6-17-12-14;7-3(8)1-6(13,5(11)12)2-4(9)10/h3-7,12H,2,8-11,13H2,1H3;13H,1-2H2,(H,7,8)(H,9,10)(H,11,12). The Hall–Kier alpha value is -3.48. The number of carbonyl (C=O) groups is 3. The number of rotatable bonds is 9. The van der Waals surface area contributed by atoms with Crippen molar-refractivity contribution >= 4 is 17.9 Å². The highest BCUT2D eigenvalue weighted by molar-refractivity contribution is 5.88. The third-order valence-electron chi connectivity index (χ3n) is 5.22. The lowest BCUT2D eigenvalue weighted by molar-refractivity contribution is -0.170. The summed E-state index contributed by atoms with van der Waals surface area (Å²) in [6.07, 6.45) is 3.12. The van der Waals surface area contributed by atoms with Crippen LogP contribution in [0.5, 0.6) is 0 Å². The molecule has 0 aromatic carbocycles. The van der Waals surface area contributed by atoms with E-state index in [9.17, 15) is 14.4 Å². The number of aromatic nitrogens is 3. The summed E-state index contributed by atoms with van der Waals surface area (Å²) in [6.45, 7) is 8.79. The smallest absolute Gasteiger partial charge is 0.336 e. The minimum atomic E-state index is -2.74. The maximum atomic E-state index is 10.3. The number of aliphatic carboxylic acids is 3. The molecule has 1 aliphatic heterocycles. The molecule has 0 spiro atoms. The Morgan fingerprint density at radius 3 is 2.09 bits per heavy atom. The van der Waals surface area contributed by atoms with Crippen LogP contribution >= 0.6 is 0 Å². The summed E-state index contributed by atoms with van der Waals surface area (Å²) in [7, 11) is 0. The summed E-state index contributed by atoms with van der Waals surface area (Å²) in [6, 6.07) is 5.91. The molecule has 1 fully saturated rings. The van der Waals surface area contributed by atoms with E-state index in [4.69, 9.17) is 20.4 Å². The fourth-order valence-corrected chi connectivity index (χ4v) is 3.33. The van der Waals surface area contributed by atoms with Gasteiger partial charge in [-0.3, -0.25) is 19.5 Å². The van der Waals surface area contributed by atoms with Crippen molar-refractivity contribution in [2.24, 2.45) is 0 Å². The second-order valence-corrected chi connectivity index (χ2v) is 7.80. The van der Waals surface area contributed by atoms with Crippen molar-refractivity contribution in [3.8, 4) is 11.4 Å². The zero-order valence-electron chi connectivity index (χ0n) is 18.9. The van der Waals surface area contributed by atoms with Crippen LogP contribution in [0.15, 0.2) is 36.8 Å². The lowest BCUT2D eigenvalue weighted by Crippen LogP contribution is -2.45. The number of hydrogen-bond acceptors (Lipinski definition) is 9. The molecule has 0 atom stereocenters. The largest absolute Gasteiger partial charge is 0.481 e. The van der Waals surface area contributed by atoms with Crippen molar-refractivity contribution in [3.05, 3.63) is 42.5 Å². The first kappa shape index (κ1) is 26.8. The highest BCUT2D eigenvalue weighted by Crippen LogP contribution is 2.16. The van der Waals surface area contributed by atoms with Crippen LogP contribution in [-0.2, 0) is 20.9 Å². The summed E-state index contributed by atoms with van der Waals surface area (Å²) >= 11 is 0. The van der Waals surface area contributed by atoms with Crippen LogP contribution in [0.1, 0.15) is 25.5 Å². The summed E-state index contributed by atoms with van der Waals surface area (Å²) < 4.78 is 0. The molecular weight excluding hydrogens is 446 g/mol. The molecule has 1 aliphatic rings. The van der Waals surface area contributed by atoms with Gasteiger partial charge in [0.25, 0.3) is 0 Å². The van der Waals surface area contributed by atoms with Crippen molar-refractivity contribution < 1.29 is 34.8 Å². The van der Waals surface area contributed by atoms with Gasteiger partial charge in [-0.15, -0.1) is 0 Å². The normalized spacial score (nSPS) is 14.6. The maximum Gasteiger partial charge on any atom is 0.336 e. The summed E-state index contributed by atoms with van der Waals surface area (Å²) in [5.41, 5.74) is -0.693. The highest BCUT2D eigenvalue weighted by atomic mass is 16.4. The Morgan fingerprint density at radius 2 is 1.59 bits per heavy atom. The molecule has 34 heavy (non-hydrogen) atoms. The molecule has 1 saturated heterocycles. The quantitative estimate of drug-likeness (QED) is 0.394. The fourth-order valence-electron chi connectivity index (χ4n) is 3.33. The van der Waals surface area contributed by atoms with Gasteiger partial charge < -0.3 is 25.3 Å². The number of aliphatic hydroxyl groups is 1. The van der Waals surface area contributed by atoms with Gasteiger partial charge in [-0.1, -0.05) is 6.92 Å². The average molecular weight is 476 g/mol. The first-order chi connectivity index (χ1) is 16.1. The van der Waals surface area contributed by atoms with Crippen molar-refractivity contribution in [1.29, 1.82) is 0 Å². The van der Waals surface area contributed by atoms with E-state index in [-0.39, 0.29) is 0 Å². The molecule has 0 aliphatic carbocycles. The van der Waals surface area contributed by atoms with Gasteiger partial charge in [0, 0.05) is 56.9 Å². The Kier molecular flexibility index (Phi) is 9.98. The number of pyridine rings is 1. The molecular formula is C22H29N5O7. The van der Waals surface area contributed by atoms with Gasteiger partial charge >= 0.3 is 17.9 Å². The van der Waals surface area contributed by atoms with E-state index in [1.165, 1.54) is 0 Å². The lowest BCUT2D eigenvalue weighted by Gasteiger charge is -2.33. The SMILES string of the molecule is CCN1CCN(Cc2ccnc(-c3cccnc3)n2)CC1.O=C(O)CC(O)(CC(=O)O)C(=O)O. The van der Waals surface area contributed by atoms with Gasteiger partial charge in [0.05, 0.1) is 18.5 Å². The van der Waals surface area contributed by atoms with Crippen LogP contribution in [-0.4, -0.2) is 101 Å². The third-order valence-corrected chi connectivity index (χ3v) is 5.22. The van der Waals surface area contributed by atoms with Crippen LogP contribution in [0, 0.1) is 0 Å². The van der Waals surface area contributed by atoms with Crippen molar-refractivity contribution in [2.75, 3.05) is 32.7 Å². The maximum absolute atomic E-state index is 10.3. The first-order valence-electron chi connectivity index (χ1n) is 10.7. The van der Waals surface area contributed by atoms with E-state index < -0.39 is 36.4 Å². The average Bonchev–Trinajstić information content (AvgIpc) is 2.80. The first-order valence-corrected chi connectivity index (χ1v) is 10.7. The second-order valence-electron chi connectivity index (χ2n) is 7.80. The monoisotopic (exact) mass is 475 g/mol. The summed E-state index contributed by atoms with van der Waals surface area (Å²) in [5, 5.41) is 33.8. The number of carboxylic acids is 3. The molecule has 0 radical (unpaired) electrons. The molecule has 0 saturated carbocycles. The van der Waals surface area contributed by atoms with E-state index in [1.807, 2.05) is 24.4 Å². The molecule has 3 rings (SSSR count). The van der Waals surface area contributed by atoms with E-state index in [0.29, 0.717) is 0 Å². The molecule has 3 heterocycles. The lowest BCUT2D eigenvalue weighted by atomic mass is 9.96. The molecule has 2 aromatic rings. The van der Waals surface area contributed by atoms with E-state index in [2.05, 4.69) is 31.7 Å². The van der Waals surface area contributed by atoms with Gasteiger partial charge in [-0.25, -0.2) is 14.8 Å². The van der Waals surface area contributed by atoms with E-state index in [0.717, 1.165) is 56.4 Å². The molecule has 4 N–H and O–H groups in total. The highest BCUT2D eigenvalue weighted by Gasteiger charge is 2.40. The van der Waals surface area contributed by atoms with Crippen LogP contribution in [0.4, 0.5) is 0 Å². The molecule has 0 bridgehead atoms. The third kappa shape index (κ3) is 8.46. The van der Waals surface area contributed by atoms with Crippen molar-refractivity contribution in [2.45, 2.75) is 31.9 Å². The zero-order chi connectivity index (χ0) is 25.1. The Morgan fingerprint density at radius 1 is 0.971 bits per heavy atom. The Balaban J connectivity index is 0.000000273. The second kappa shape index (κ2) is 12.7. The van der Waals surface area contributed by atoms with Gasteiger partial charge in [-0.05, 0) is 24.7 Å². The number of hydrogen-bond donors (Lipinski definition) is 4. The Labute approximate surface area is 196 Å². The fraction of sp³-hybridized carbons (Fsp3) is 0.455. The molecule has 184 valence electrons. The zero-order valence-corrected chi connectivity index (χ0v) is 18.9. The van der Waals surface area contributed by atoms with E-state index >= 15 is 0 Å². The van der Waals surface area contributed by atoms with Gasteiger partial charge in [0.15, 0.2) is 11.4 Å². The molecule has 0 unspecified atom stereocenters. The predicted molar refractivity (Wildman–Crippen MR) is 120 cm³/mol. The van der Waals surface area contributed by atoms with Gasteiger partial charge in [-0.2, -0.15) is 0 Å². The molecule has 12 nitrogen and oxygen atoms in total. The minimum Gasteiger partial charge on any atom is -0.481 e. The number of likely N-dealkylation sites (N-methyl/N-ethyl adjacent to an activating group) is 1. The van der Waals surface area contributed by atoms with E-state index in [1.54, 1.807) is 12.4 Å². The van der Waals surface area contributed by atoms with Gasteiger partial charge in [0.2, 0.25) is 0 Å². The minimum absolute atomic E-state index is 0.757. The van der Waals surface area contributed by atoms with Crippen LogP contribution in [0.3, 0.4) is 0 Å². The summed E-state index contributed by atoms with van der Waals surface area (Å²) in [4.78, 5) is 48.6. The van der Waals surface area contributed by atoms with Crippen LogP contribution in [0.2, 0.25) is 0 Å². The van der Waals surface area contributed by atoms with Crippen molar-refractivity contribution in [3.63, 3.8) is 0 Å². The van der Waals surface area contributed by atoms with Crippen LogP contribution < -0.4 is 0 Å². The summed E-state index contributed by atoms with van der Waals surface area (Å²) in [5.74, 6) is -4.26. The Bertz CT molecular complexity index is 949.